The first-order chi connectivity index (χ1) is 18.5. The predicted octanol–water partition coefficient (Wildman–Crippen LogP) is 4.56. The van der Waals surface area contributed by atoms with Crippen LogP contribution in [0.15, 0.2) is 70.3 Å². The summed E-state index contributed by atoms with van der Waals surface area (Å²) in [7, 11) is 2.10. The minimum absolute atomic E-state index is 0.0287. The number of rotatable bonds is 6. The molecule has 194 valence electrons. The van der Waals surface area contributed by atoms with Gasteiger partial charge in [0.25, 0.3) is 5.89 Å². The van der Waals surface area contributed by atoms with E-state index in [-0.39, 0.29) is 24.2 Å². The molecule has 1 saturated heterocycles. The zero-order valence-corrected chi connectivity index (χ0v) is 20.7. The van der Waals surface area contributed by atoms with E-state index in [1.165, 1.54) is 6.20 Å². The van der Waals surface area contributed by atoms with Crippen LogP contribution in [0.4, 0.5) is 8.78 Å². The van der Waals surface area contributed by atoms with Gasteiger partial charge in [-0.1, -0.05) is 6.07 Å². The number of hydrogen-bond donors (Lipinski definition) is 0. The Labute approximate surface area is 216 Å². The molecule has 0 saturated carbocycles. The zero-order chi connectivity index (χ0) is 26.2. The molecule has 38 heavy (non-hydrogen) atoms. The van der Waals surface area contributed by atoms with Crippen LogP contribution in [0.5, 0.6) is 0 Å². The summed E-state index contributed by atoms with van der Waals surface area (Å²) in [5.74, 6) is -0.762. The molecule has 0 unspecified atom stereocenters. The maximum Gasteiger partial charge on any atom is 0.329 e. The van der Waals surface area contributed by atoms with Crippen LogP contribution in [0.3, 0.4) is 0 Å². The zero-order valence-electron chi connectivity index (χ0n) is 20.7. The molecule has 1 aliphatic rings. The molecule has 5 aromatic rings. The summed E-state index contributed by atoms with van der Waals surface area (Å²) in [5, 5.41) is 7.03. The lowest BCUT2D eigenvalue weighted by atomic mass is 10.0. The van der Waals surface area contributed by atoms with Crippen molar-refractivity contribution in [2.75, 3.05) is 20.1 Å². The Hall–Kier alpha value is -4.25. The lowest BCUT2D eigenvalue weighted by molar-refractivity contribution is 0.116. The number of likely N-dealkylation sites (tertiary alicyclic amines) is 1. The molecular formula is C27H25F2N7O2. The number of pyridine rings is 2. The number of fused-ring (bicyclic) bond motifs is 1. The van der Waals surface area contributed by atoms with Crippen molar-refractivity contribution in [2.24, 2.45) is 0 Å². The molecule has 1 aromatic carbocycles. The van der Waals surface area contributed by atoms with Gasteiger partial charge in [0.05, 0.1) is 28.8 Å². The molecule has 11 heteroatoms. The molecule has 6 rings (SSSR count). The van der Waals surface area contributed by atoms with E-state index in [0.717, 1.165) is 48.1 Å². The topological polar surface area (TPSA) is 94.9 Å². The number of aromatic nitrogens is 6. The third-order valence-electron chi connectivity index (χ3n) is 7.05. The average Bonchev–Trinajstić information content (AvgIpc) is 3.54. The van der Waals surface area contributed by atoms with Crippen molar-refractivity contribution in [1.82, 2.24) is 34.2 Å². The Morgan fingerprint density at radius 1 is 0.974 bits per heavy atom. The lowest BCUT2D eigenvalue weighted by Gasteiger charge is -2.29. The molecule has 1 aliphatic heterocycles. The van der Waals surface area contributed by atoms with Crippen LogP contribution >= 0.6 is 0 Å². The summed E-state index contributed by atoms with van der Waals surface area (Å²) in [6.45, 7) is 2.12. The fourth-order valence-electron chi connectivity index (χ4n) is 5.01. The van der Waals surface area contributed by atoms with E-state index in [0.29, 0.717) is 11.3 Å². The molecule has 1 fully saturated rings. The molecule has 0 radical (unpaired) electrons. The lowest BCUT2D eigenvalue weighted by Crippen LogP contribution is -2.36. The molecule has 0 aliphatic carbocycles. The van der Waals surface area contributed by atoms with Crippen molar-refractivity contribution < 1.29 is 13.2 Å². The summed E-state index contributed by atoms with van der Waals surface area (Å²) in [4.78, 5) is 24.7. The van der Waals surface area contributed by atoms with Gasteiger partial charge in [-0.3, -0.25) is 19.1 Å². The Balaban J connectivity index is 1.38. The predicted molar refractivity (Wildman–Crippen MR) is 137 cm³/mol. The number of piperidine rings is 1. The quantitative estimate of drug-likeness (QED) is 0.326. The smallest absolute Gasteiger partial charge is 0.329 e. The number of halogens is 2. The molecule has 9 nitrogen and oxygen atoms in total. The van der Waals surface area contributed by atoms with Crippen molar-refractivity contribution in [2.45, 2.75) is 31.9 Å². The minimum Gasteiger partial charge on any atom is -0.415 e. The molecule has 5 heterocycles. The summed E-state index contributed by atoms with van der Waals surface area (Å²) in [6, 6.07) is 13.5. The highest BCUT2D eigenvalue weighted by molar-refractivity contribution is 5.83. The van der Waals surface area contributed by atoms with Gasteiger partial charge in [0, 0.05) is 24.6 Å². The van der Waals surface area contributed by atoms with Crippen LogP contribution < -0.4 is 5.69 Å². The van der Waals surface area contributed by atoms with E-state index in [2.05, 4.69) is 38.2 Å². The van der Waals surface area contributed by atoms with E-state index < -0.39 is 12.3 Å². The fourth-order valence-corrected chi connectivity index (χ4v) is 5.01. The van der Waals surface area contributed by atoms with Crippen molar-refractivity contribution >= 4 is 11.0 Å². The average molecular weight is 518 g/mol. The van der Waals surface area contributed by atoms with E-state index in [1.54, 1.807) is 29.1 Å². The van der Waals surface area contributed by atoms with Crippen LogP contribution in [0.25, 0.3) is 33.6 Å². The Morgan fingerprint density at radius 2 is 1.74 bits per heavy atom. The maximum absolute atomic E-state index is 13.8. The molecule has 0 amide bonds. The first-order valence-electron chi connectivity index (χ1n) is 12.4. The fraction of sp³-hybridized carbons (Fsp3) is 0.296. The second-order valence-electron chi connectivity index (χ2n) is 9.50. The standard InChI is InChI=1S/C27H25F2N7O2/c1-34-12-8-21(9-13-34)36-23-14-18(17-6-10-30-11-7-17)3-5-22(23)35(27(36)37)16-20-4-2-19(15-31-20)25-32-33-26(38-25)24(28)29/h2-7,10-11,14-15,21,24H,8-9,12-13,16H2,1H3. The molecule has 0 N–H and O–H groups in total. The third kappa shape index (κ3) is 4.49. The SMILES string of the molecule is CN1CCC(n2c(=O)n(Cc3ccc(-c4nnc(C(F)F)o4)cn3)c3ccc(-c4ccncc4)cc32)CC1. The van der Waals surface area contributed by atoms with Crippen LogP contribution in [0, 0.1) is 0 Å². The van der Waals surface area contributed by atoms with Crippen LogP contribution in [0.1, 0.15) is 36.9 Å². The monoisotopic (exact) mass is 517 g/mol. The first kappa shape index (κ1) is 24.1. The highest BCUT2D eigenvalue weighted by Gasteiger charge is 2.25. The van der Waals surface area contributed by atoms with E-state index >= 15 is 0 Å². The number of alkyl halides is 2. The summed E-state index contributed by atoms with van der Waals surface area (Å²) in [6.07, 6.45) is 3.95. The van der Waals surface area contributed by atoms with Gasteiger partial charge in [-0.05, 0) is 80.5 Å². The summed E-state index contributed by atoms with van der Waals surface area (Å²) >= 11 is 0. The van der Waals surface area contributed by atoms with Gasteiger partial charge in [0.1, 0.15) is 0 Å². The van der Waals surface area contributed by atoms with Crippen molar-refractivity contribution in [3.63, 3.8) is 0 Å². The van der Waals surface area contributed by atoms with Crippen molar-refractivity contribution in [3.05, 3.63) is 83.1 Å². The Morgan fingerprint density at radius 3 is 2.42 bits per heavy atom. The van der Waals surface area contributed by atoms with Gasteiger partial charge in [0.2, 0.25) is 5.89 Å². The van der Waals surface area contributed by atoms with Crippen LogP contribution in [0.2, 0.25) is 0 Å². The van der Waals surface area contributed by atoms with Gasteiger partial charge in [0.15, 0.2) is 0 Å². The Bertz CT molecular complexity index is 1620. The van der Waals surface area contributed by atoms with Gasteiger partial charge in [-0.25, -0.2) is 4.79 Å². The normalized spacial score (nSPS) is 15.1. The van der Waals surface area contributed by atoms with E-state index in [4.69, 9.17) is 4.42 Å². The first-order valence-corrected chi connectivity index (χ1v) is 12.4. The Kier molecular flexibility index (Phi) is 6.28. The molecule has 0 spiro atoms. The second kappa shape index (κ2) is 9.90. The largest absolute Gasteiger partial charge is 0.415 e. The summed E-state index contributed by atoms with van der Waals surface area (Å²) < 4.78 is 34.3. The number of hydrogen-bond acceptors (Lipinski definition) is 7. The molecular weight excluding hydrogens is 492 g/mol. The minimum atomic E-state index is -2.84. The molecule has 0 bridgehead atoms. The van der Waals surface area contributed by atoms with Crippen LogP contribution in [-0.4, -0.2) is 54.3 Å². The summed E-state index contributed by atoms with van der Waals surface area (Å²) in [5.41, 5.74) is 4.76. The van der Waals surface area contributed by atoms with Crippen molar-refractivity contribution in [3.8, 4) is 22.6 Å². The second-order valence-corrected chi connectivity index (χ2v) is 9.50. The number of benzene rings is 1. The van der Waals surface area contributed by atoms with E-state index in [1.807, 2.05) is 28.8 Å². The number of imidazole rings is 1. The van der Waals surface area contributed by atoms with Gasteiger partial charge in [-0.2, -0.15) is 8.78 Å². The maximum atomic E-state index is 13.8. The van der Waals surface area contributed by atoms with E-state index in [9.17, 15) is 13.6 Å². The van der Waals surface area contributed by atoms with Gasteiger partial charge in [-0.15, -0.1) is 10.2 Å². The number of nitrogens with zero attached hydrogens (tertiary/aromatic N) is 7. The highest BCUT2D eigenvalue weighted by Crippen LogP contribution is 2.29. The molecule has 0 atom stereocenters. The molecule has 4 aromatic heterocycles. The highest BCUT2D eigenvalue weighted by atomic mass is 19.3. The van der Waals surface area contributed by atoms with Gasteiger partial charge >= 0.3 is 12.1 Å². The third-order valence-corrected chi connectivity index (χ3v) is 7.05. The van der Waals surface area contributed by atoms with Crippen LogP contribution in [-0.2, 0) is 6.54 Å². The van der Waals surface area contributed by atoms with Crippen molar-refractivity contribution in [1.29, 1.82) is 0 Å². The van der Waals surface area contributed by atoms with Gasteiger partial charge < -0.3 is 9.32 Å².